The van der Waals surface area contributed by atoms with E-state index in [0.717, 1.165) is 0 Å². The molecule has 0 saturated carbocycles. The fourth-order valence-electron chi connectivity index (χ4n) is 1.90. The van der Waals surface area contributed by atoms with Gasteiger partial charge in [0.25, 0.3) is 0 Å². The molecule has 0 amide bonds. The Hall–Kier alpha value is -1.48. The van der Waals surface area contributed by atoms with Crippen LogP contribution in [-0.2, 0) is 0 Å². The molecule has 0 saturated heterocycles. The summed E-state index contributed by atoms with van der Waals surface area (Å²) < 4.78 is 1.97. The molecule has 0 aliphatic rings. The number of hydrogen-bond acceptors (Lipinski definition) is 2. The van der Waals surface area contributed by atoms with Crippen LogP contribution < -0.4 is 0 Å². The molecule has 3 aromatic rings. The van der Waals surface area contributed by atoms with E-state index < -0.39 is 0 Å². The molecule has 1 heterocycles. The third-order valence-corrected chi connectivity index (χ3v) is 3.22. The Morgan fingerprint density at radius 2 is 1.87 bits per heavy atom. The first kappa shape index (κ1) is 8.80. The lowest BCUT2D eigenvalue weighted by molar-refractivity contribution is 1.05. The van der Waals surface area contributed by atoms with Crippen LogP contribution in [0.5, 0.6) is 0 Å². The van der Waals surface area contributed by atoms with Crippen LogP contribution in [0.1, 0.15) is 0 Å². The summed E-state index contributed by atoms with van der Waals surface area (Å²) in [7, 11) is 0. The summed E-state index contributed by atoms with van der Waals surface area (Å²) >= 11 is 1.63. The van der Waals surface area contributed by atoms with E-state index in [0.29, 0.717) is 0 Å². The average molecular weight is 214 g/mol. The quantitative estimate of drug-likeness (QED) is 0.618. The van der Waals surface area contributed by atoms with Crippen molar-refractivity contribution in [2.45, 2.75) is 0 Å². The van der Waals surface area contributed by atoms with Gasteiger partial charge in [-0.3, -0.25) is 0 Å². The highest BCUT2D eigenvalue weighted by Crippen LogP contribution is 2.26. The molecule has 3 rings (SSSR count). The molecule has 0 bridgehead atoms. The third-order valence-electron chi connectivity index (χ3n) is 2.60. The number of nitrogens with zero attached hydrogens (tertiary/aromatic N) is 2. The van der Waals surface area contributed by atoms with E-state index in [1.54, 1.807) is 11.9 Å². The Balaban J connectivity index is 2.56. The molecule has 0 aliphatic carbocycles. The van der Waals surface area contributed by atoms with E-state index in [4.69, 9.17) is 0 Å². The van der Waals surface area contributed by atoms with Crippen molar-refractivity contribution in [3.63, 3.8) is 0 Å². The van der Waals surface area contributed by atoms with Crippen molar-refractivity contribution in [3.8, 4) is 0 Å². The van der Waals surface area contributed by atoms with Crippen molar-refractivity contribution >= 4 is 33.6 Å². The van der Waals surface area contributed by atoms with Crippen molar-refractivity contribution in [1.29, 1.82) is 0 Å². The van der Waals surface area contributed by atoms with Crippen LogP contribution in [0.2, 0.25) is 0 Å². The largest absolute Gasteiger partial charge is 0.206 e. The topological polar surface area (TPSA) is 17.8 Å². The Morgan fingerprint density at radius 3 is 2.73 bits per heavy atom. The van der Waals surface area contributed by atoms with Gasteiger partial charge in [-0.25, -0.2) is 4.09 Å². The molecular formula is C12H10N2S. The van der Waals surface area contributed by atoms with E-state index in [1.165, 1.54) is 21.7 Å². The molecule has 3 heteroatoms. The van der Waals surface area contributed by atoms with Gasteiger partial charge in [0.05, 0.1) is 11.7 Å². The SMILES string of the molecule is CSn1ncc2ccc3ccccc3c21. The zero-order chi connectivity index (χ0) is 10.3. The Labute approximate surface area is 92.0 Å². The predicted molar refractivity (Wildman–Crippen MR) is 66.2 cm³/mol. The number of benzene rings is 2. The molecule has 2 nitrogen and oxygen atoms in total. The van der Waals surface area contributed by atoms with Gasteiger partial charge in [0, 0.05) is 17.0 Å². The van der Waals surface area contributed by atoms with Gasteiger partial charge in [-0.15, -0.1) is 0 Å². The highest BCUT2D eigenvalue weighted by molar-refractivity contribution is 7.97. The fourth-order valence-corrected chi connectivity index (χ4v) is 2.43. The summed E-state index contributed by atoms with van der Waals surface area (Å²) in [6.07, 6.45) is 3.95. The van der Waals surface area contributed by atoms with Crippen LogP contribution in [0.15, 0.2) is 42.6 Å². The zero-order valence-electron chi connectivity index (χ0n) is 8.34. The Bertz CT molecular complexity index is 628. The lowest BCUT2D eigenvalue weighted by Gasteiger charge is -2.02. The second kappa shape index (κ2) is 3.28. The maximum Gasteiger partial charge on any atom is 0.0889 e. The van der Waals surface area contributed by atoms with Crippen molar-refractivity contribution in [3.05, 3.63) is 42.6 Å². The van der Waals surface area contributed by atoms with Crippen LogP contribution in [-0.4, -0.2) is 15.4 Å². The third kappa shape index (κ3) is 1.23. The minimum atomic E-state index is 1.20. The average Bonchev–Trinajstić information content (AvgIpc) is 2.72. The molecule has 0 atom stereocenters. The lowest BCUT2D eigenvalue weighted by Crippen LogP contribution is -1.87. The van der Waals surface area contributed by atoms with E-state index in [1.807, 2.05) is 16.5 Å². The van der Waals surface area contributed by atoms with E-state index in [2.05, 4.69) is 41.5 Å². The van der Waals surface area contributed by atoms with Gasteiger partial charge in [-0.05, 0) is 17.3 Å². The van der Waals surface area contributed by atoms with Gasteiger partial charge in [-0.1, -0.05) is 36.4 Å². The number of hydrogen-bond donors (Lipinski definition) is 0. The first-order chi connectivity index (χ1) is 7.40. The molecule has 0 spiro atoms. The minimum absolute atomic E-state index is 1.20. The zero-order valence-corrected chi connectivity index (χ0v) is 9.16. The first-order valence-electron chi connectivity index (χ1n) is 4.80. The molecular weight excluding hydrogens is 204 g/mol. The predicted octanol–water partition coefficient (Wildman–Crippen LogP) is 3.32. The summed E-state index contributed by atoms with van der Waals surface area (Å²) in [5.74, 6) is 0. The van der Waals surface area contributed by atoms with Crippen molar-refractivity contribution in [1.82, 2.24) is 9.19 Å². The molecule has 15 heavy (non-hydrogen) atoms. The van der Waals surface area contributed by atoms with E-state index >= 15 is 0 Å². The molecule has 0 fully saturated rings. The molecule has 74 valence electrons. The smallest absolute Gasteiger partial charge is 0.0889 e. The van der Waals surface area contributed by atoms with Crippen molar-refractivity contribution < 1.29 is 0 Å². The van der Waals surface area contributed by atoms with E-state index in [9.17, 15) is 0 Å². The van der Waals surface area contributed by atoms with Crippen molar-refractivity contribution in [2.75, 3.05) is 6.26 Å². The van der Waals surface area contributed by atoms with Gasteiger partial charge in [0.1, 0.15) is 0 Å². The Kier molecular flexibility index (Phi) is 1.92. The molecule has 0 unspecified atom stereocenters. The summed E-state index contributed by atoms with van der Waals surface area (Å²) in [6.45, 7) is 0. The van der Waals surface area contributed by atoms with Crippen LogP contribution >= 0.6 is 11.9 Å². The van der Waals surface area contributed by atoms with E-state index in [-0.39, 0.29) is 0 Å². The maximum atomic E-state index is 4.34. The van der Waals surface area contributed by atoms with Crippen LogP contribution in [0, 0.1) is 0 Å². The van der Waals surface area contributed by atoms with Gasteiger partial charge in [0.2, 0.25) is 0 Å². The molecule has 1 aromatic heterocycles. The minimum Gasteiger partial charge on any atom is -0.206 e. The summed E-state index contributed by atoms with van der Waals surface area (Å²) in [5.41, 5.74) is 1.21. The second-order valence-electron chi connectivity index (χ2n) is 3.42. The summed E-state index contributed by atoms with van der Waals surface area (Å²) in [6, 6.07) is 12.7. The highest BCUT2D eigenvalue weighted by atomic mass is 32.2. The lowest BCUT2D eigenvalue weighted by atomic mass is 10.1. The number of fused-ring (bicyclic) bond motifs is 3. The molecule has 0 N–H and O–H groups in total. The first-order valence-corrected chi connectivity index (χ1v) is 5.98. The fraction of sp³-hybridized carbons (Fsp3) is 0.0833. The van der Waals surface area contributed by atoms with Gasteiger partial charge < -0.3 is 0 Å². The number of aromatic nitrogens is 2. The highest BCUT2D eigenvalue weighted by Gasteiger charge is 2.05. The second-order valence-corrected chi connectivity index (χ2v) is 4.14. The Morgan fingerprint density at radius 1 is 1.07 bits per heavy atom. The normalized spacial score (nSPS) is 11.3. The number of rotatable bonds is 1. The van der Waals surface area contributed by atoms with Crippen molar-refractivity contribution in [2.24, 2.45) is 0 Å². The molecule has 2 aromatic carbocycles. The van der Waals surface area contributed by atoms with Gasteiger partial charge >= 0.3 is 0 Å². The van der Waals surface area contributed by atoms with Gasteiger partial charge in [0.15, 0.2) is 0 Å². The summed E-state index contributed by atoms with van der Waals surface area (Å²) in [4.78, 5) is 0. The van der Waals surface area contributed by atoms with Crippen LogP contribution in [0.4, 0.5) is 0 Å². The van der Waals surface area contributed by atoms with Crippen LogP contribution in [0.3, 0.4) is 0 Å². The standard InChI is InChI=1S/C12H10N2S/c1-15-14-12-10(8-13-14)7-6-9-4-2-3-5-11(9)12/h2-8H,1H3. The molecule has 0 aliphatic heterocycles. The monoisotopic (exact) mass is 214 g/mol. The summed E-state index contributed by atoms with van der Waals surface area (Å²) in [5, 5.41) is 8.07. The van der Waals surface area contributed by atoms with Crippen LogP contribution in [0.25, 0.3) is 21.7 Å². The molecule has 0 radical (unpaired) electrons. The van der Waals surface area contributed by atoms with Gasteiger partial charge in [-0.2, -0.15) is 5.10 Å². The maximum absolute atomic E-state index is 4.34.